The monoisotopic (exact) mass is 452 g/mol. The number of nitrogens with one attached hydrogen (secondary N) is 1. The highest BCUT2D eigenvalue weighted by Gasteiger charge is 2.43. The average molecular weight is 453 g/mol. The standard InChI is InChI=1S/C28H28N4O2/c33-27-29-25-13-7-8-14-26(25)32(27)24-15-17-31(18-16-24)20-23-19-28(34-30-23,21-9-3-1-4-10-21)22-11-5-2-6-12-22/h1-14,24H,15-20H2,(H,29,33). The summed E-state index contributed by atoms with van der Waals surface area (Å²) >= 11 is 0. The minimum absolute atomic E-state index is 0.0104. The number of benzene rings is 3. The minimum atomic E-state index is -0.576. The fourth-order valence-electron chi connectivity index (χ4n) is 5.50. The molecule has 6 heteroatoms. The van der Waals surface area contributed by atoms with Gasteiger partial charge in [-0.15, -0.1) is 0 Å². The number of fused-ring (bicyclic) bond motifs is 1. The molecule has 2 aliphatic rings. The maximum absolute atomic E-state index is 12.6. The molecular weight excluding hydrogens is 424 g/mol. The van der Waals surface area contributed by atoms with Crippen molar-refractivity contribution < 1.29 is 4.84 Å². The molecule has 3 aromatic carbocycles. The lowest BCUT2D eigenvalue weighted by Crippen LogP contribution is -2.40. The van der Waals surface area contributed by atoms with Crippen LogP contribution in [0.1, 0.15) is 36.4 Å². The number of imidazole rings is 1. The number of piperidine rings is 1. The lowest BCUT2D eigenvalue weighted by Gasteiger charge is -2.32. The largest absolute Gasteiger partial charge is 0.379 e. The second kappa shape index (κ2) is 8.61. The van der Waals surface area contributed by atoms with E-state index < -0.39 is 5.60 Å². The first kappa shape index (κ1) is 20.9. The summed E-state index contributed by atoms with van der Waals surface area (Å²) in [6, 6.07) is 28.9. The molecule has 34 heavy (non-hydrogen) atoms. The zero-order valence-corrected chi connectivity index (χ0v) is 19.1. The molecule has 0 spiro atoms. The molecule has 1 fully saturated rings. The van der Waals surface area contributed by atoms with Crippen molar-refractivity contribution in [2.45, 2.75) is 30.9 Å². The Kier molecular flexibility index (Phi) is 5.30. The summed E-state index contributed by atoms with van der Waals surface area (Å²) in [5, 5.41) is 4.57. The summed E-state index contributed by atoms with van der Waals surface area (Å²) in [6.07, 6.45) is 2.62. The molecule has 172 valence electrons. The summed E-state index contributed by atoms with van der Waals surface area (Å²) in [5.74, 6) is 0. The van der Waals surface area contributed by atoms with Crippen molar-refractivity contribution in [2.24, 2.45) is 5.16 Å². The number of aromatic amines is 1. The Bertz CT molecular complexity index is 1330. The van der Waals surface area contributed by atoms with Crippen molar-refractivity contribution in [1.29, 1.82) is 0 Å². The molecule has 0 unspecified atom stereocenters. The molecule has 0 amide bonds. The third-order valence-corrected chi connectivity index (χ3v) is 7.22. The number of hydrogen-bond acceptors (Lipinski definition) is 4. The van der Waals surface area contributed by atoms with Crippen LogP contribution in [0, 0.1) is 0 Å². The Morgan fingerprint density at radius 3 is 2.18 bits per heavy atom. The van der Waals surface area contributed by atoms with Gasteiger partial charge in [-0.1, -0.05) is 78.0 Å². The number of hydrogen-bond donors (Lipinski definition) is 1. The highest BCUT2D eigenvalue weighted by Crippen LogP contribution is 2.41. The SMILES string of the molecule is O=c1[nH]c2ccccc2n1C1CCN(CC2=NOC(c3ccccc3)(c3ccccc3)C2)CC1. The van der Waals surface area contributed by atoms with E-state index in [1.54, 1.807) is 0 Å². The predicted octanol–water partition coefficient (Wildman–Crippen LogP) is 4.69. The number of oxime groups is 1. The quantitative estimate of drug-likeness (QED) is 0.478. The second-order valence-corrected chi connectivity index (χ2v) is 9.31. The molecule has 2 aliphatic heterocycles. The minimum Gasteiger partial charge on any atom is -0.379 e. The summed E-state index contributed by atoms with van der Waals surface area (Å²) in [7, 11) is 0. The van der Waals surface area contributed by atoms with Gasteiger partial charge in [0.15, 0.2) is 5.60 Å². The summed E-state index contributed by atoms with van der Waals surface area (Å²) in [4.78, 5) is 24.2. The lowest BCUT2D eigenvalue weighted by atomic mass is 9.82. The average Bonchev–Trinajstić information content (AvgIpc) is 3.47. The van der Waals surface area contributed by atoms with Crippen LogP contribution in [0.5, 0.6) is 0 Å². The molecule has 4 aromatic rings. The van der Waals surface area contributed by atoms with Crippen LogP contribution in [0.2, 0.25) is 0 Å². The van der Waals surface area contributed by atoms with E-state index >= 15 is 0 Å². The Hall–Kier alpha value is -3.64. The van der Waals surface area contributed by atoms with Crippen LogP contribution in [0.25, 0.3) is 11.0 Å². The molecular formula is C28H28N4O2. The third-order valence-electron chi connectivity index (χ3n) is 7.22. The van der Waals surface area contributed by atoms with Gasteiger partial charge < -0.3 is 9.82 Å². The number of likely N-dealkylation sites (tertiary alicyclic amines) is 1. The maximum Gasteiger partial charge on any atom is 0.326 e. The van der Waals surface area contributed by atoms with Crippen molar-refractivity contribution >= 4 is 16.7 Å². The van der Waals surface area contributed by atoms with Crippen LogP contribution < -0.4 is 5.69 Å². The van der Waals surface area contributed by atoms with Crippen molar-refractivity contribution in [3.05, 3.63) is 107 Å². The van der Waals surface area contributed by atoms with E-state index in [9.17, 15) is 4.79 Å². The van der Waals surface area contributed by atoms with Gasteiger partial charge in [-0.05, 0) is 25.0 Å². The summed E-state index contributed by atoms with van der Waals surface area (Å²) in [5.41, 5.74) is 4.63. The second-order valence-electron chi connectivity index (χ2n) is 9.31. The fourth-order valence-corrected chi connectivity index (χ4v) is 5.50. The van der Waals surface area contributed by atoms with Crippen LogP contribution in [-0.4, -0.2) is 39.8 Å². The molecule has 1 N–H and O–H groups in total. The van der Waals surface area contributed by atoms with Crippen molar-refractivity contribution in [3.8, 4) is 0 Å². The van der Waals surface area contributed by atoms with Crippen LogP contribution in [-0.2, 0) is 10.4 Å². The molecule has 0 atom stereocenters. The highest BCUT2D eigenvalue weighted by atomic mass is 16.7. The van der Waals surface area contributed by atoms with Gasteiger partial charge in [-0.2, -0.15) is 0 Å². The normalized spacial score (nSPS) is 18.6. The Labute approximate surface area is 198 Å². The van der Waals surface area contributed by atoms with Gasteiger partial charge in [0.25, 0.3) is 0 Å². The number of aromatic nitrogens is 2. The first-order chi connectivity index (χ1) is 16.7. The van der Waals surface area contributed by atoms with Gasteiger partial charge in [0, 0.05) is 43.2 Å². The van der Waals surface area contributed by atoms with Gasteiger partial charge in [0.1, 0.15) is 0 Å². The zero-order valence-electron chi connectivity index (χ0n) is 19.1. The van der Waals surface area contributed by atoms with E-state index in [-0.39, 0.29) is 11.7 Å². The van der Waals surface area contributed by atoms with Crippen LogP contribution in [0.15, 0.2) is 94.9 Å². The van der Waals surface area contributed by atoms with Crippen molar-refractivity contribution in [1.82, 2.24) is 14.5 Å². The molecule has 0 radical (unpaired) electrons. The van der Waals surface area contributed by atoms with E-state index in [4.69, 9.17) is 4.84 Å². The van der Waals surface area contributed by atoms with E-state index in [1.165, 1.54) is 0 Å². The van der Waals surface area contributed by atoms with E-state index in [0.717, 1.165) is 66.8 Å². The number of H-pyrrole nitrogens is 1. The smallest absolute Gasteiger partial charge is 0.326 e. The third kappa shape index (κ3) is 3.64. The molecule has 0 aliphatic carbocycles. The highest BCUT2D eigenvalue weighted by molar-refractivity contribution is 5.89. The molecule has 6 rings (SSSR count). The number of rotatable bonds is 5. The Morgan fingerprint density at radius 2 is 1.50 bits per heavy atom. The van der Waals surface area contributed by atoms with Gasteiger partial charge >= 0.3 is 5.69 Å². The fraction of sp³-hybridized carbons (Fsp3) is 0.286. The predicted molar refractivity (Wildman–Crippen MR) is 134 cm³/mol. The van der Waals surface area contributed by atoms with E-state index in [0.29, 0.717) is 0 Å². The summed E-state index contributed by atoms with van der Waals surface area (Å²) < 4.78 is 1.94. The molecule has 6 nitrogen and oxygen atoms in total. The molecule has 3 heterocycles. The van der Waals surface area contributed by atoms with Crippen molar-refractivity contribution in [2.75, 3.05) is 19.6 Å². The Balaban J connectivity index is 1.16. The molecule has 1 aromatic heterocycles. The number of para-hydroxylation sites is 2. The lowest BCUT2D eigenvalue weighted by molar-refractivity contribution is 0.0112. The first-order valence-corrected chi connectivity index (χ1v) is 12.0. The van der Waals surface area contributed by atoms with E-state index in [2.05, 4.69) is 63.6 Å². The van der Waals surface area contributed by atoms with Gasteiger partial charge in [0.05, 0.1) is 16.7 Å². The zero-order chi connectivity index (χ0) is 23.0. The first-order valence-electron chi connectivity index (χ1n) is 12.0. The van der Waals surface area contributed by atoms with Gasteiger partial charge in [-0.3, -0.25) is 9.47 Å². The number of nitrogens with zero attached hydrogens (tertiary/aromatic N) is 3. The molecule has 0 bridgehead atoms. The Morgan fingerprint density at radius 1 is 0.882 bits per heavy atom. The van der Waals surface area contributed by atoms with Gasteiger partial charge in [-0.25, -0.2) is 4.79 Å². The molecule has 0 saturated carbocycles. The maximum atomic E-state index is 12.6. The molecule has 1 saturated heterocycles. The van der Waals surface area contributed by atoms with Crippen LogP contribution in [0.3, 0.4) is 0 Å². The van der Waals surface area contributed by atoms with E-state index in [1.807, 2.05) is 41.0 Å². The van der Waals surface area contributed by atoms with Gasteiger partial charge in [0.2, 0.25) is 0 Å². The van der Waals surface area contributed by atoms with Crippen molar-refractivity contribution in [3.63, 3.8) is 0 Å². The van der Waals surface area contributed by atoms with Crippen LogP contribution in [0.4, 0.5) is 0 Å². The topological polar surface area (TPSA) is 62.6 Å². The summed E-state index contributed by atoms with van der Waals surface area (Å²) in [6.45, 7) is 2.65. The van der Waals surface area contributed by atoms with Crippen LogP contribution >= 0.6 is 0 Å².